The van der Waals surface area contributed by atoms with Crippen molar-refractivity contribution in [3.8, 4) is 22.5 Å². The summed E-state index contributed by atoms with van der Waals surface area (Å²) >= 11 is 26.0. The average molecular weight is 1370 g/mol. The second kappa shape index (κ2) is 38.4. The second-order valence-electron chi connectivity index (χ2n) is 21.7. The van der Waals surface area contributed by atoms with E-state index >= 15 is 0 Å². The number of amides is 2. The number of nitrogens with zero attached hydrogens (tertiary/aromatic N) is 8. The number of halogens is 5. The highest BCUT2D eigenvalue weighted by Gasteiger charge is 2.37. The number of hydrogen-bond donors (Lipinski definition) is 6. The topological polar surface area (TPSA) is 281 Å². The average Bonchev–Trinajstić information content (AvgIpc) is 0.963. The maximum absolute atomic E-state index is 12.4. The molecule has 4 heterocycles. The van der Waals surface area contributed by atoms with Crippen molar-refractivity contribution in [2.45, 2.75) is 62.4 Å². The van der Waals surface area contributed by atoms with Crippen LogP contribution in [0.1, 0.15) is 45.2 Å². The predicted octanol–water partition coefficient (Wildman–Crippen LogP) is 4.90. The van der Waals surface area contributed by atoms with E-state index in [1.165, 1.54) is 0 Å². The van der Waals surface area contributed by atoms with Crippen molar-refractivity contribution < 1.29 is 67.9 Å². The van der Waals surface area contributed by atoms with E-state index in [2.05, 4.69) is 79.4 Å². The Hall–Kier alpha value is -5.01. The molecule has 91 heavy (non-hydrogen) atoms. The maximum atomic E-state index is 12.4. The SMILES string of the molecule is CN1Cc2c(Cl)cc(Cl)cc2[C@H](c2cccc(-c3cn(CCOCCOCCOCCOCCNC(=O)[C@@H](O)[C@H](O)[C@H](O)[C@@H](O)C(=O)NCCOCCOCCOCCOCCn4cc(-c5cccc([C@@H]6CN(C)Cc7c(Cl)cc(Cl)cc76)c5)nn4)nn3)c2)C1.Cl. The third kappa shape index (κ3) is 22.6. The fourth-order valence-corrected chi connectivity index (χ4v) is 11.5. The van der Waals surface area contributed by atoms with E-state index < -0.39 is 36.2 Å². The number of benzene rings is 4. The van der Waals surface area contributed by atoms with Crippen LogP contribution in [0.3, 0.4) is 0 Å². The normalized spacial score (nSPS) is 16.4. The molecule has 0 saturated heterocycles. The van der Waals surface area contributed by atoms with Crippen molar-refractivity contribution in [1.82, 2.24) is 50.4 Å². The lowest BCUT2D eigenvalue weighted by atomic mass is 9.84. The fraction of sp³-hybridized carbons (Fsp3) is 0.516. The van der Waals surface area contributed by atoms with Gasteiger partial charge in [0.15, 0.2) is 12.2 Å². The smallest absolute Gasteiger partial charge is 0.251 e. The lowest BCUT2D eigenvalue weighted by Crippen LogP contribution is -2.54. The minimum Gasteiger partial charge on any atom is -0.387 e. The molecule has 6 aromatic rings. The number of likely N-dealkylation sites (N-methyl/N-ethyl adjacent to an activating group) is 2. The summed E-state index contributed by atoms with van der Waals surface area (Å²) in [4.78, 5) is 29.3. The van der Waals surface area contributed by atoms with Gasteiger partial charge in [-0.1, -0.05) is 93.2 Å². The first-order valence-corrected chi connectivity index (χ1v) is 31.4. The summed E-state index contributed by atoms with van der Waals surface area (Å²) in [6.07, 6.45) is -4.84. The number of aliphatic hydroxyl groups is 4. The molecular formula is C62H81Cl5N10O14. The zero-order valence-corrected chi connectivity index (χ0v) is 54.7. The molecule has 4 aromatic carbocycles. The van der Waals surface area contributed by atoms with Crippen LogP contribution in [0, 0.1) is 0 Å². The number of aliphatic hydroxyl groups excluding tert-OH is 4. The van der Waals surface area contributed by atoms with E-state index in [-0.39, 0.29) is 77.0 Å². The van der Waals surface area contributed by atoms with Gasteiger partial charge in [-0.2, -0.15) is 0 Å². The molecule has 0 fully saturated rings. The van der Waals surface area contributed by atoms with Crippen LogP contribution in [0.5, 0.6) is 0 Å². The molecule has 2 amide bonds. The van der Waals surface area contributed by atoms with Crippen molar-refractivity contribution in [1.29, 1.82) is 0 Å². The molecule has 29 heteroatoms. The van der Waals surface area contributed by atoms with Crippen LogP contribution < -0.4 is 10.6 Å². The Morgan fingerprint density at radius 3 is 1.21 bits per heavy atom. The summed E-state index contributed by atoms with van der Waals surface area (Å²) < 4.78 is 48.0. The molecule has 0 radical (unpaired) electrons. The highest BCUT2D eigenvalue weighted by Crippen LogP contribution is 2.41. The van der Waals surface area contributed by atoms with Crippen LogP contribution >= 0.6 is 58.8 Å². The Labute approximate surface area is 555 Å². The monoisotopic (exact) mass is 1360 g/mol. The molecular weight excluding hydrogens is 1290 g/mol. The molecule has 0 spiro atoms. The van der Waals surface area contributed by atoms with Gasteiger partial charge in [0.1, 0.15) is 23.6 Å². The Bertz CT molecular complexity index is 3000. The van der Waals surface area contributed by atoms with Crippen LogP contribution in [0.2, 0.25) is 20.1 Å². The van der Waals surface area contributed by atoms with E-state index in [9.17, 15) is 30.0 Å². The van der Waals surface area contributed by atoms with Crippen LogP contribution in [0.15, 0.2) is 85.2 Å². The summed E-state index contributed by atoms with van der Waals surface area (Å²) in [7, 11) is 4.18. The van der Waals surface area contributed by atoms with E-state index in [4.69, 9.17) is 84.3 Å². The summed E-state index contributed by atoms with van der Waals surface area (Å²) in [6.45, 7) is 8.93. The number of aromatic nitrogens is 6. The van der Waals surface area contributed by atoms with Gasteiger partial charge in [0, 0.05) is 82.3 Å². The van der Waals surface area contributed by atoms with E-state index in [0.29, 0.717) is 99.2 Å². The van der Waals surface area contributed by atoms with Crippen molar-refractivity contribution in [3.05, 3.63) is 139 Å². The van der Waals surface area contributed by atoms with Gasteiger partial charge in [0.2, 0.25) is 0 Å². The largest absolute Gasteiger partial charge is 0.387 e. The Morgan fingerprint density at radius 2 is 0.846 bits per heavy atom. The summed E-state index contributed by atoms with van der Waals surface area (Å²) in [5, 5.41) is 65.9. The van der Waals surface area contributed by atoms with Gasteiger partial charge >= 0.3 is 0 Å². The molecule has 6 atom stereocenters. The van der Waals surface area contributed by atoms with Gasteiger partial charge in [0.25, 0.3) is 11.8 Å². The lowest BCUT2D eigenvalue weighted by Gasteiger charge is -2.33. The predicted molar refractivity (Wildman–Crippen MR) is 344 cm³/mol. The Morgan fingerprint density at radius 1 is 0.505 bits per heavy atom. The van der Waals surface area contributed by atoms with Gasteiger partial charge in [-0.25, -0.2) is 9.36 Å². The van der Waals surface area contributed by atoms with Crippen molar-refractivity contribution >= 4 is 70.6 Å². The number of nitrogens with one attached hydrogen (secondary N) is 2. The zero-order valence-electron chi connectivity index (χ0n) is 50.9. The molecule has 2 aromatic heterocycles. The highest BCUT2D eigenvalue weighted by atomic mass is 35.5. The number of fused-ring (bicyclic) bond motifs is 2. The van der Waals surface area contributed by atoms with E-state index in [1.54, 1.807) is 21.5 Å². The minimum absolute atomic E-state index is 0. The Balaban J connectivity index is 0.0000118. The third-order valence-electron chi connectivity index (χ3n) is 15.0. The van der Waals surface area contributed by atoms with Crippen molar-refractivity contribution in [3.63, 3.8) is 0 Å². The van der Waals surface area contributed by atoms with Gasteiger partial charge < -0.3 is 78.8 Å². The molecule has 0 unspecified atom stereocenters. The van der Waals surface area contributed by atoms with Crippen LogP contribution in [0.4, 0.5) is 0 Å². The zero-order chi connectivity index (χ0) is 63.8. The third-order valence-corrected chi connectivity index (χ3v) is 16.1. The quantitative estimate of drug-likeness (QED) is 0.0280. The molecule has 2 aliphatic heterocycles. The summed E-state index contributed by atoms with van der Waals surface area (Å²) in [5.41, 5.74) is 10.2. The first-order chi connectivity index (χ1) is 43.6. The molecule has 0 saturated carbocycles. The molecule has 8 rings (SSSR count). The molecule has 0 aliphatic carbocycles. The molecule has 24 nitrogen and oxygen atoms in total. The number of carbonyl (C=O) groups excluding carboxylic acids is 2. The van der Waals surface area contributed by atoms with Crippen LogP contribution in [0.25, 0.3) is 22.5 Å². The number of carbonyl (C=O) groups is 2. The number of ether oxygens (including phenoxy) is 8. The minimum atomic E-state index is -2.17. The number of hydrogen-bond acceptors (Lipinski definition) is 20. The van der Waals surface area contributed by atoms with Gasteiger partial charge in [-0.05, 0) is 83.9 Å². The molecule has 2 aliphatic rings. The van der Waals surface area contributed by atoms with Gasteiger partial charge in [-0.15, -0.1) is 22.6 Å². The Kier molecular flexibility index (Phi) is 31.0. The van der Waals surface area contributed by atoms with Crippen molar-refractivity contribution in [2.75, 3.05) is 146 Å². The maximum Gasteiger partial charge on any atom is 0.251 e. The first kappa shape index (κ1) is 73.4. The van der Waals surface area contributed by atoms with Crippen LogP contribution in [-0.4, -0.2) is 242 Å². The fourth-order valence-electron chi connectivity index (χ4n) is 10.4. The molecule has 0 bridgehead atoms. The standard InChI is InChI=1S/C62H80Cl4N10O14.ClH/c1-73-35-49(47-31-45(63)33-53(65)51(47)37-73)41-5-3-7-43(29-41)55-39-75(71-69-55)11-15-85-19-23-89-27-25-87-21-17-83-13-9-67-61(81)59(79)57(77)58(78)60(80)62(82)68-10-14-84-18-22-88-26-28-90-24-20-86-16-12-76-40-56(70-72-76)44-8-4-6-42(30-44)50-36-74(2)38-52-48(50)32-46(64)34-54(52)66;/h3-8,29-34,39-40,49-50,57-60,77-80H,9-28,35-38H2,1-2H3,(H,67,81)(H,68,82);1H/t49-,50-,57-,58+,59+,60-;/m0./s1. The van der Waals surface area contributed by atoms with Gasteiger partial charge in [-0.3, -0.25) is 9.59 Å². The highest BCUT2D eigenvalue weighted by molar-refractivity contribution is 6.35. The van der Waals surface area contributed by atoms with E-state index in [0.717, 1.165) is 82.1 Å². The lowest BCUT2D eigenvalue weighted by molar-refractivity contribution is -0.155. The summed E-state index contributed by atoms with van der Waals surface area (Å²) in [5.74, 6) is -1.86. The van der Waals surface area contributed by atoms with Crippen molar-refractivity contribution in [2.24, 2.45) is 0 Å². The summed E-state index contributed by atoms with van der Waals surface area (Å²) in [6, 6.07) is 24.3. The van der Waals surface area contributed by atoms with Gasteiger partial charge in [0.05, 0.1) is 131 Å². The molecule has 6 N–H and O–H groups in total. The number of rotatable bonds is 39. The molecule has 498 valence electrons. The van der Waals surface area contributed by atoms with E-state index in [1.807, 2.05) is 48.8 Å². The first-order valence-electron chi connectivity index (χ1n) is 29.9. The van der Waals surface area contributed by atoms with Crippen LogP contribution in [-0.2, 0) is 73.7 Å². The second-order valence-corrected chi connectivity index (χ2v) is 23.4.